The van der Waals surface area contributed by atoms with Crippen molar-refractivity contribution < 1.29 is 17.6 Å². The first-order valence-electron chi connectivity index (χ1n) is 11.8. The van der Waals surface area contributed by atoms with Gasteiger partial charge in [0.2, 0.25) is 15.9 Å². The molecule has 1 N–H and O–H groups in total. The van der Waals surface area contributed by atoms with Crippen molar-refractivity contribution in [3.63, 3.8) is 0 Å². The van der Waals surface area contributed by atoms with Gasteiger partial charge in [-0.15, -0.1) is 0 Å². The van der Waals surface area contributed by atoms with Crippen LogP contribution < -0.4 is 5.32 Å². The maximum absolute atomic E-state index is 13.0. The van der Waals surface area contributed by atoms with Crippen LogP contribution in [0.15, 0.2) is 47.4 Å². The van der Waals surface area contributed by atoms with E-state index in [1.165, 1.54) is 16.4 Å². The largest absolute Gasteiger partial charge is 0.356 e. The Balaban J connectivity index is 1.70. The zero-order valence-electron chi connectivity index (χ0n) is 20.1. The minimum Gasteiger partial charge on any atom is -0.356 e. The molecule has 0 aliphatic rings. The first kappa shape index (κ1) is 25.8. The van der Waals surface area contributed by atoms with Crippen molar-refractivity contribution >= 4 is 27.0 Å². The van der Waals surface area contributed by atoms with Crippen LogP contribution in [0.4, 0.5) is 4.39 Å². The number of fused-ring (bicyclic) bond motifs is 1. The van der Waals surface area contributed by atoms with E-state index in [0.29, 0.717) is 38.0 Å². The van der Waals surface area contributed by atoms with Gasteiger partial charge in [0.15, 0.2) is 0 Å². The number of rotatable bonds is 12. The minimum absolute atomic E-state index is 0.0815. The number of carbonyl (C=O) groups excluding carboxylic acids is 1. The molecule has 0 saturated heterocycles. The van der Waals surface area contributed by atoms with E-state index in [9.17, 15) is 17.6 Å². The van der Waals surface area contributed by atoms with E-state index in [1.807, 2.05) is 13.8 Å². The van der Waals surface area contributed by atoms with Crippen LogP contribution in [0.5, 0.6) is 0 Å². The van der Waals surface area contributed by atoms with Crippen molar-refractivity contribution in [1.82, 2.24) is 19.2 Å². The molecule has 0 fully saturated rings. The third kappa shape index (κ3) is 6.01. The second kappa shape index (κ2) is 11.6. The van der Waals surface area contributed by atoms with E-state index in [-0.39, 0.29) is 23.0 Å². The van der Waals surface area contributed by atoms with E-state index in [2.05, 4.69) is 21.8 Å². The van der Waals surface area contributed by atoms with Crippen LogP contribution in [-0.4, -0.2) is 47.8 Å². The van der Waals surface area contributed by atoms with Crippen molar-refractivity contribution in [2.45, 2.75) is 57.9 Å². The van der Waals surface area contributed by atoms with Crippen LogP contribution in [0.3, 0.4) is 0 Å². The maximum Gasteiger partial charge on any atom is 0.243 e. The van der Waals surface area contributed by atoms with E-state index >= 15 is 0 Å². The summed E-state index contributed by atoms with van der Waals surface area (Å²) in [7, 11) is -3.57. The summed E-state index contributed by atoms with van der Waals surface area (Å²) in [6, 6.07) is 11.3. The van der Waals surface area contributed by atoms with Crippen LogP contribution in [-0.2, 0) is 34.2 Å². The first-order valence-corrected chi connectivity index (χ1v) is 13.2. The molecule has 3 rings (SSSR count). The fourth-order valence-electron chi connectivity index (χ4n) is 4.01. The quantitative estimate of drug-likeness (QED) is 0.419. The van der Waals surface area contributed by atoms with Crippen LogP contribution >= 0.6 is 0 Å². The van der Waals surface area contributed by atoms with Gasteiger partial charge in [-0.2, -0.15) is 4.31 Å². The first-order chi connectivity index (χ1) is 16.3. The molecule has 0 saturated carbocycles. The highest BCUT2D eigenvalue weighted by Gasteiger charge is 2.23. The molecule has 0 radical (unpaired) electrons. The number of aromatic nitrogens is 2. The molecule has 2 aromatic carbocycles. The molecule has 1 aromatic heterocycles. The average molecular weight is 489 g/mol. The van der Waals surface area contributed by atoms with Crippen LogP contribution in [0.1, 0.15) is 45.0 Å². The molecule has 7 nitrogen and oxygen atoms in total. The highest BCUT2D eigenvalue weighted by atomic mass is 32.2. The summed E-state index contributed by atoms with van der Waals surface area (Å²) in [6.07, 6.45) is 2.25. The molecular formula is C25H33FN4O3S. The lowest BCUT2D eigenvalue weighted by atomic mass is 10.1. The van der Waals surface area contributed by atoms with E-state index in [1.54, 1.807) is 30.3 Å². The highest BCUT2D eigenvalue weighted by Crippen LogP contribution is 2.24. The average Bonchev–Trinajstić information content (AvgIpc) is 3.16. The number of nitrogens with one attached hydrogen (secondary N) is 1. The predicted octanol–water partition coefficient (Wildman–Crippen LogP) is 3.91. The van der Waals surface area contributed by atoms with Gasteiger partial charge in [0.1, 0.15) is 11.6 Å². The lowest BCUT2D eigenvalue weighted by Crippen LogP contribution is -2.30. The number of amides is 1. The maximum atomic E-state index is 13.0. The van der Waals surface area contributed by atoms with E-state index in [0.717, 1.165) is 29.9 Å². The van der Waals surface area contributed by atoms with Crippen molar-refractivity contribution in [2.75, 3.05) is 19.6 Å². The smallest absolute Gasteiger partial charge is 0.243 e. The molecule has 0 spiro atoms. The molecular weight excluding hydrogens is 455 g/mol. The second-order valence-corrected chi connectivity index (χ2v) is 10.1. The normalized spacial score (nSPS) is 11.9. The summed E-state index contributed by atoms with van der Waals surface area (Å²) in [6.45, 7) is 7.72. The Morgan fingerprint density at radius 2 is 1.76 bits per heavy atom. The van der Waals surface area contributed by atoms with Crippen LogP contribution in [0.25, 0.3) is 11.0 Å². The molecule has 184 valence electrons. The van der Waals surface area contributed by atoms with Crippen molar-refractivity contribution in [3.05, 3.63) is 59.7 Å². The van der Waals surface area contributed by atoms with E-state index < -0.39 is 10.0 Å². The number of hydrogen-bond acceptors (Lipinski definition) is 4. The Hall–Kier alpha value is -2.78. The van der Waals surface area contributed by atoms with Gasteiger partial charge in [-0.25, -0.2) is 17.8 Å². The predicted molar refractivity (Wildman–Crippen MR) is 132 cm³/mol. The van der Waals surface area contributed by atoms with Gasteiger partial charge < -0.3 is 9.88 Å². The van der Waals surface area contributed by atoms with Crippen LogP contribution in [0, 0.1) is 5.82 Å². The van der Waals surface area contributed by atoms with Gasteiger partial charge >= 0.3 is 0 Å². The lowest BCUT2D eigenvalue weighted by Gasteiger charge is -2.18. The highest BCUT2D eigenvalue weighted by molar-refractivity contribution is 7.89. The lowest BCUT2D eigenvalue weighted by molar-refractivity contribution is -0.121. The zero-order chi connectivity index (χ0) is 24.7. The number of hydrogen-bond donors (Lipinski definition) is 1. The molecule has 1 amide bonds. The Morgan fingerprint density at radius 1 is 1.06 bits per heavy atom. The molecule has 0 aliphatic heterocycles. The summed E-state index contributed by atoms with van der Waals surface area (Å²) in [5.74, 6) is 0.408. The fourth-order valence-corrected chi connectivity index (χ4v) is 5.49. The molecule has 0 unspecified atom stereocenters. The monoisotopic (exact) mass is 488 g/mol. The summed E-state index contributed by atoms with van der Waals surface area (Å²) in [4.78, 5) is 17.3. The van der Waals surface area contributed by atoms with Gasteiger partial charge in [0.05, 0.1) is 15.9 Å². The van der Waals surface area contributed by atoms with Crippen LogP contribution in [0.2, 0.25) is 0 Å². The van der Waals surface area contributed by atoms with Gasteiger partial charge in [0.25, 0.3) is 0 Å². The minimum atomic E-state index is -3.57. The summed E-state index contributed by atoms with van der Waals surface area (Å²) in [5.41, 5.74) is 2.45. The molecule has 9 heteroatoms. The molecule has 3 aromatic rings. The number of halogens is 1. The number of carbonyl (C=O) groups is 1. The molecule has 34 heavy (non-hydrogen) atoms. The summed E-state index contributed by atoms with van der Waals surface area (Å²) < 4.78 is 42.3. The number of sulfonamides is 1. The topological polar surface area (TPSA) is 84.3 Å². The third-order valence-electron chi connectivity index (χ3n) is 5.81. The number of nitrogens with zero attached hydrogens (tertiary/aromatic N) is 3. The molecule has 1 heterocycles. The number of benzene rings is 2. The van der Waals surface area contributed by atoms with Gasteiger partial charge in [-0.05, 0) is 48.7 Å². The van der Waals surface area contributed by atoms with Crippen molar-refractivity contribution in [3.8, 4) is 0 Å². The SMILES string of the molecule is CCCn1c(CCC(=O)NCCc2ccc(F)cc2)nc2cc(S(=O)(=O)N(CC)CC)ccc21. The Labute approximate surface area is 201 Å². The third-order valence-corrected chi connectivity index (χ3v) is 7.86. The Bertz CT molecular complexity index is 1220. The second-order valence-electron chi connectivity index (χ2n) is 8.15. The molecule has 0 bridgehead atoms. The van der Waals surface area contributed by atoms with Crippen molar-refractivity contribution in [2.24, 2.45) is 0 Å². The number of aryl methyl sites for hydroxylation is 2. The summed E-state index contributed by atoms with van der Waals surface area (Å²) in [5, 5.41) is 2.90. The van der Waals surface area contributed by atoms with Gasteiger partial charge in [0, 0.05) is 39.0 Å². The zero-order valence-corrected chi connectivity index (χ0v) is 20.9. The van der Waals surface area contributed by atoms with Gasteiger partial charge in [-0.1, -0.05) is 32.9 Å². The molecule has 0 aliphatic carbocycles. The standard InChI is InChI=1S/C25H33FN4O3S/c1-4-17-30-23-12-11-21(34(32,33)29(5-2)6-3)18-22(23)28-24(30)13-14-25(31)27-16-15-19-7-9-20(26)10-8-19/h7-12,18H,4-6,13-17H2,1-3H3,(H,27,31). The fraction of sp³-hybridized carbons (Fsp3) is 0.440. The number of imidazole rings is 1. The van der Waals surface area contributed by atoms with Crippen molar-refractivity contribution in [1.29, 1.82) is 0 Å². The summed E-state index contributed by atoms with van der Waals surface area (Å²) >= 11 is 0. The molecule has 0 atom stereocenters. The Kier molecular flexibility index (Phi) is 8.79. The van der Waals surface area contributed by atoms with Gasteiger partial charge in [-0.3, -0.25) is 4.79 Å². The van der Waals surface area contributed by atoms with E-state index in [4.69, 9.17) is 0 Å². The Morgan fingerprint density at radius 3 is 2.41 bits per heavy atom.